The predicted molar refractivity (Wildman–Crippen MR) is 161 cm³/mol. The molecule has 0 aliphatic carbocycles. The Balaban J connectivity index is 0.000000312. The van der Waals surface area contributed by atoms with Crippen molar-refractivity contribution in [1.29, 1.82) is 0 Å². The van der Waals surface area contributed by atoms with Crippen LogP contribution in [0.1, 0.15) is 58.6 Å². The van der Waals surface area contributed by atoms with E-state index in [0.29, 0.717) is 26.2 Å². The van der Waals surface area contributed by atoms with Gasteiger partial charge in [0, 0.05) is 33.0 Å². The van der Waals surface area contributed by atoms with Crippen LogP contribution in [-0.4, -0.2) is 43.1 Å². The van der Waals surface area contributed by atoms with Crippen LogP contribution in [0.4, 0.5) is 4.79 Å². The van der Waals surface area contributed by atoms with E-state index < -0.39 is 11.7 Å². The zero-order valence-corrected chi connectivity index (χ0v) is 24.7. The molecule has 3 amide bonds. The molecule has 0 saturated carbocycles. The Bertz CT molecular complexity index is 1200. The number of carbonyl (C=O) groups is 4. The van der Waals surface area contributed by atoms with E-state index in [2.05, 4.69) is 34.1 Å². The van der Waals surface area contributed by atoms with Gasteiger partial charge in [0.15, 0.2) is 0 Å². The second-order valence-corrected chi connectivity index (χ2v) is 9.93. The average molecular weight is 566 g/mol. The molecule has 222 valence electrons. The number of esters is 1. The quantitative estimate of drug-likeness (QED) is 0.228. The van der Waals surface area contributed by atoms with Gasteiger partial charge in [-0.25, -0.2) is 4.79 Å². The van der Waals surface area contributed by atoms with Crippen LogP contribution in [0.2, 0.25) is 0 Å². The van der Waals surface area contributed by atoms with Crippen molar-refractivity contribution >= 4 is 35.2 Å². The molecule has 3 rings (SSSR count). The lowest BCUT2D eigenvalue weighted by Crippen LogP contribution is -2.35. The molecule has 0 aliphatic heterocycles. The van der Waals surface area contributed by atoms with Gasteiger partial charge in [-0.15, -0.1) is 0 Å². The van der Waals surface area contributed by atoms with Gasteiger partial charge in [-0.05, 0) is 49.1 Å². The van der Waals surface area contributed by atoms with E-state index in [1.165, 1.54) is 17.7 Å². The van der Waals surface area contributed by atoms with Crippen LogP contribution in [0.25, 0.3) is 10.8 Å². The fraction of sp³-hybridized carbons (Fsp3) is 0.375. The molecular formula is C32H43N3O6. The summed E-state index contributed by atoms with van der Waals surface area (Å²) in [5.74, 6) is -0.299. The number of ether oxygens (including phenoxy) is 2. The van der Waals surface area contributed by atoms with E-state index in [1.54, 1.807) is 20.8 Å². The lowest BCUT2D eigenvalue weighted by molar-refractivity contribution is -0.142. The van der Waals surface area contributed by atoms with Crippen molar-refractivity contribution in [2.45, 2.75) is 66.2 Å². The van der Waals surface area contributed by atoms with Crippen LogP contribution in [0.3, 0.4) is 0 Å². The fourth-order valence-electron chi connectivity index (χ4n) is 3.30. The first-order chi connectivity index (χ1) is 19.6. The number of rotatable bonds is 10. The molecule has 0 saturated heterocycles. The lowest BCUT2D eigenvalue weighted by Gasteiger charge is -2.19. The van der Waals surface area contributed by atoms with E-state index in [-0.39, 0.29) is 18.3 Å². The highest BCUT2D eigenvalue weighted by Crippen LogP contribution is 2.17. The van der Waals surface area contributed by atoms with E-state index in [1.807, 2.05) is 61.5 Å². The first-order valence-corrected chi connectivity index (χ1v) is 13.6. The molecule has 0 aromatic heterocycles. The van der Waals surface area contributed by atoms with Crippen LogP contribution in [0, 0.1) is 0 Å². The molecule has 0 unspecified atom stereocenters. The number of hydrogen-bond acceptors (Lipinski definition) is 6. The van der Waals surface area contributed by atoms with Gasteiger partial charge in [0.1, 0.15) is 12.2 Å². The first-order valence-electron chi connectivity index (χ1n) is 13.6. The molecule has 0 heterocycles. The maximum atomic E-state index is 11.2. The lowest BCUT2D eigenvalue weighted by atomic mass is 10.0. The number of fused-ring (bicyclic) bond motifs is 1. The topological polar surface area (TPSA) is 123 Å². The van der Waals surface area contributed by atoms with Crippen LogP contribution < -0.4 is 16.0 Å². The van der Waals surface area contributed by atoms with E-state index in [9.17, 15) is 19.2 Å². The van der Waals surface area contributed by atoms with Crippen molar-refractivity contribution in [3.8, 4) is 0 Å². The summed E-state index contributed by atoms with van der Waals surface area (Å²) in [7, 11) is 0. The Morgan fingerprint density at radius 3 is 2.15 bits per heavy atom. The van der Waals surface area contributed by atoms with Gasteiger partial charge in [0.25, 0.3) is 0 Å². The van der Waals surface area contributed by atoms with Crippen LogP contribution in [0.5, 0.6) is 0 Å². The summed E-state index contributed by atoms with van der Waals surface area (Å²) in [6.07, 6.45) is 1.42. The molecule has 0 atom stereocenters. The molecule has 3 aromatic rings. The molecule has 0 bridgehead atoms. The van der Waals surface area contributed by atoms with E-state index in [4.69, 9.17) is 9.47 Å². The van der Waals surface area contributed by atoms with Crippen LogP contribution in [-0.2, 0) is 37.0 Å². The van der Waals surface area contributed by atoms with E-state index >= 15 is 0 Å². The third kappa shape index (κ3) is 17.0. The third-order valence-corrected chi connectivity index (χ3v) is 5.13. The average Bonchev–Trinajstić information content (AvgIpc) is 2.94. The fourth-order valence-corrected chi connectivity index (χ4v) is 3.30. The minimum Gasteiger partial charge on any atom is -0.461 e. The predicted octanol–water partition coefficient (Wildman–Crippen LogP) is 5.26. The maximum absolute atomic E-state index is 11.2. The summed E-state index contributed by atoms with van der Waals surface area (Å²) in [6.45, 7) is 10.7. The van der Waals surface area contributed by atoms with Crippen LogP contribution >= 0.6 is 0 Å². The Morgan fingerprint density at radius 2 is 1.51 bits per heavy atom. The van der Waals surface area contributed by atoms with Gasteiger partial charge in [-0.3, -0.25) is 14.4 Å². The second-order valence-electron chi connectivity index (χ2n) is 9.93. The van der Waals surface area contributed by atoms with Crippen molar-refractivity contribution in [2.75, 3.05) is 13.1 Å². The molecule has 9 nitrogen and oxygen atoms in total. The standard InChI is InChI=1S/C12H11NO.C11H22N2O3.C9H10O2/c14-9-13-8-11-6-3-5-10-4-1-2-7-12(10)11;1-5-7-12-9(14)6-8-13-10(15)16-11(2,3)4;1-8(10)11-7-9-5-3-2-4-6-9/h1-7,9H,8H2,(H,13,14);5-8H2,1-4H3,(H,12,14)(H,13,15);2-6H,7H2,1H3. The van der Waals surface area contributed by atoms with Crippen molar-refractivity contribution in [1.82, 2.24) is 16.0 Å². The van der Waals surface area contributed by atoms with Crippen molar-refractivity contribution in [3.05, 3.63) is 83.9 Å². The summed E-state index contributed by atoms with van der Waals surface area (Å²) >= 11 is 0. The summed E-state index contributed by atoms with van der Waals surface area (Å²) in [6, 6.07) is 23.9. The first kappa shape index (κ1) is 34.6. The molecule has 0 aliphatic rings. The SMILES string of the molecule is CC(=O)OCc1ccccc1.CCCNC(=O)CCNC(=O)OC(C)(C)C.O=CNCc1cccc2ccccc12. The molecular weight excluding hydrogens is 522 g/mol. The molecule has 9 heteroatoms. The minimum atomic E-state index is -0.505. The van der Waals surface area contributed by atoms with Crippen molar-refractivity contribution < 1.29 is 28.7 Å². The van der Waals surface area contributed by atoms with Crippen LogP contribution in [0.15, 0.2) is 72.8 Å². The summed E-state index contributed by atoms with van der Waals surface area (Å²) in [5.41, 5.74) is 1.66. The number of alkyl carbamates (subject to hydrolysis) is 1. The van der Waals surface area contributed by atoms with Gasteiger partial charge < -0.3 is 25.4 Å². The van der Waals surface area contributed by atoms with Crippen molar-refractivity contribution in [2.24, 2.45) is 0 Å². The smallest absolute Gasteiger partial charge is 0.407 e. The minimum absolute atomic E-state index is 0.0575. The number of amides is 3. The molecule has 0 radical (unpaired) electrons. The highest BCUT2D eigenvalue weighted by atomic mass is 16.6. The summed E-state index contributed by atoms with van der Waals surface area (Å²) < 4.78 is 9.81. The molecule has 0 spiro atoms. The summed E-state index contributed by atoms with van der Waals surface area (Å²) in [5, 5.41) is 10.3. The molecule has 3 aromatic carbocycles. The highest BCUT2D eigenvalue weighted by Gasteiger charge is 2.15. The van der Waals surface area contributed by atoms with Gasteiger partial charge in [0.2, 0.25) is 12.3 Å². The third-order valence-electron chi connectivity index (χ3n) is 5.13. The Labute approximate surface area is 243 Å². The number of benzene rings is 3. The van der Waals surface area contributed by atoms with Gasteiger partial charge in [-0.1, -0.05) is 79.7 Å². The molecule has 3 N–H and O–H groups in total. The van der Waals surface area contributed by atoms with Crippen molar-refractivity contribution in [3.63, 3.8) is 0 Å². The summed E-state index contributed by atoms with van der Waals surface area (Å²) in [4.78, 5) is 43.0. The van der Waals surface area contributed by atoms with Gasteiger partial charge >= 0.3 is 12.1 Å². The maximum Gasteiger partial charge on any atom is 0.407 e. The van der Waals surface area contributed by atoms with Gasteiger partial charge in [0.05, 0.1) is 0 Å². The number of nitrogens with one attached hydrogen (secondary N) is 3. The molecule has 0 fully saturated rings. The number of hydrogen-bond donors (Lipinski definition) is 3. The Kier molecular flexibility index (Phi) is 16.6. The van der Waals surface area contributed by atoms with Gasteiger partial charge in [-0.2, -0.15) is 0 Å². The molecule has 41 heavy (non-hydrogen) atoms. The zero-order chi connectivity index (χ0) is 30.5. The van der Waals surface area contributed by atoms with E-state index in [0.717, 1.165) is 24.0 Å². The zero-order valence-electron chi connectivity index (χ0n) is 24.7. The number of carbonyl (C=O) groups excluding carboxylic acids is 4. The Hall–Kier alpha value is -4.40. The monoisotopic (exact) mass is 565 g/mol. The Morgan fingerprint density at radius 1 is 0.854 bits per heavy atom. The highest BCUT2D eigenvalue weighted by molar-refractivity contribution is 5.85. The largest absolute Gasteiger partial charge is 0.461 e. The normalized spacial score (nSPS) is 10.1. The second kappa shape index (κ2) is 19.6.